The van der Waals surface area contributed by atoms with Crippen molar-refractivity contribution in [3.8, 4) is 17.2 Å². The summed E-state index contributed by atoms with van der Waals surface area (Å²) in [4.78, 5) is 28.3. The maximum atomic E-state index is 12.2. The number of carbonyl (C=O) groups excluding carboxylic acids is 2. The molecule has 7 nitrogen and oxygen atoms in total. The Labute approximate surface area is 155 Å². The lowest BCUT2D eigenvalue weighted by Crippen LogP contribution is -2.21. The van der Waals surface area contributed by atoms with Crippen LogP contribution >= 0.6 is 0 Å². The molecular weight excluding hydrogens is 348 g/mol. The Bertz CT molecular complexity index is 933. The molecule has 1 heterocycles. The Balaban J connectivity index is 1.59. The highest BCUT2D eigenvalue weighted by Crippen LogP contribution is 2.22. The maximum Gasteiger partial charge on any atom is 0.361 e. The number of anilines is 1. The van der Waals surface area contributed by atoms with Crippen LogP contribution in [0.15, 0.2) is 59.0 Å². The minimum atomic E-state index is -0.719. The molecule has 3 rings (SSSR count). The number of benzene rings is 2. The summed E-state index contributed by atoms with van der Waals surface area (Å²) in [6.45, 7) is 1.19. The second-order valence-corrected chi connectivity index (χ2v) is 5.64. The number of rotatable bonds is 6. The highest BCUT2D eigenvalue weighted by Gasteiger charge is 2.20. The average Bonchev–Trinajstić information content (AvgIpc) is 3.09. The van der Waals surface area contributed by atoms with Gasteiger partial charge in [-0.3, -0.25) is 4.79 Å². The molecule has 0 aliphatic rings. The van der Waals surface area contributed by atoms with Gasteiger partial charge < -0.3 is 19.2 Å². The van der Waals surface area contributed by atoms with E-state index in [0.29, 0.717) is 23.1 Å². The maximum absolute atomic E-state index is 12.2. The lowest BCUT2D eigenvalue weighted by Gasteiger charge is -2.06. The van der Waals surface area contributed by atoms with Gasteiger partial charge in [-0.05, 0) is 43.3 Å². The van der Waals surface area contributed by atoms with Gasteiger partial charge >= 0.3 is 5.97 Å². The van der Waals surface area contributed by atoms with E-state index in [9.17, 15) is 9.59 Å². The van der Waals surface area contributed by atoms with E-state index >= 15 is 0 Å². The van der Waals surface area contributed by atoms with Gasteiger partial charge in [-0.2, -0.15) is 0 Å². The minimum Gasteiger partial charge on any atom is -0.497 e. The van der Waals surface area contributed by atoms with Gasteiger partial charge in [0.25, 0.3) is 5.91 Å². The number of nitrogens with zero attached hydrogens (tertiary/aromatic N) is 1. The lowest BCUT2D eigenvalue weighted by atomic mass is 10.2. The van der Waals surface area contributed by atoms with Gasteiger partial charge in [0.2, 0.25) is 5.89 Å². The zero-order chi connectivity index (χ0) is 19.2. The standard InChI is InChI=1S/C20H18N2O5/c1-13-18(22-19(27-13)14-6-4-3-5-7-14)20(24)26-12-17(23)21-15-8-10-16(25-2)11-9-15/h3-11H,12H2,1-2H3,(H,21,23). The van der Waals surface area contributed by atoms with Crippen molar-refractivity contribution in [1.29, 1.82) is 0 Å². The van der Waals surface area contributed by atoms with Crippen LogP contribution in [0.1, 0.15) is 16.2 Å². The third-order valence-corrected chi connectivity index (χ3v) is 3.72. The molecular formula is C20H18N2O5. The van der Waals surface area contributed by atoms with Crippen LogP contribution in [0.2, 0.25) is 0 Å². The van der Waals surface area contributed by atoms with Gasteiger partial charge in [0, 0.05) is 11.3 Å². The second kappa shape index (κ2) is 8.18. The Hall–Kier alpha value is -3.61. The van der Waals surface area contributed by atoms with Crippen LogP contribution in [0.25, 0.3) is 11.5 Å². The third-order valence-electron chi connectivity index (χ3n) is 3.72. The molecule has 27 heavy (non-hydrogen) atoms. The molecule has 0 bridgehead atoms. The van der Waals surface area contributed by atoms with Crippen molar-refractivity contribution < 1.29 is 23.5 Å². The summed E-state index contributed by atoms with van der Waals surface area (Å²) in [6, 6.07) is 16.0. The predicted molar refractivity (Wildman–Crippen MR) is 98.6 cm³/mol. The summed E-state index contributed by atoms with van der Waals surface area (Å²) in [7, 11) is 1.56. The molecule has 0 saturated carbocycles. The van der Waals surface area contributed by atoms with Crippen LogP contribution < -0.4 is 10.1 Å². The number of carbonyl (C=O) groups is 2. The number of amides is 1. The molecule has 7 heteroatoms. The zero-order valence-electron chi connectivity index (χ0n) is 14.9. The number of methoxy groups -OCH3 is 1. The Morgan fingerprint density at radius 1 is 1.07 bits per heavy atom. The first-order valence-corrected chi connectivity index (χ1v) is 8.20. The van der Waals surface area contributed by atoms with E-state index in [4.69, 9.17) is 13.9 Å². The lowest BCUT2D eigenvalue weighted by molar-refractivity contribution is -0.119. The highest BCUT2D eigenvalue weighted by atomic mass is 16.5. The molecule has 1 N–H and O–H groups in total. The monoisotopic (exact) mass is 366 g/mol. The van der Waals surface area contributed by atoms with Crippen molar-refractivity contribution in [2.24, 2.45) is 0 Å². The van der Waals surface area contributed by atoms with Crippen molar-refractivity contribution in [3.63, 3.8) is 0 Å². The fraction of sp³-hybridized carbons (Fsp3) is 0.150. The molecule has 0 radical (unpaired) electrons. The predicted octanol–water partition coefficient (Wildman–Crippen LogP) is 3.45. The molecule has 0 fully saturated rings. The first-order chi connectivity index (χ1) is 13.1. The summed E-state index contributed by atoms with van der Waals surface area (Å²) < 4.78 is 15.6. The Morgan fingerprint density at radius 2 is 1.78 bits per heavy atom. The highest BCUT2D eigenvalue weighted by molar-refractivity contribution is 5.95. The molecule has 0 aliphatic carbocycles. The number of hydrogen-bond donors (Lipinski definition) is 1. The molecule has 3 aromatic rings. The van der Waals surface area contributed by atoms with Crippen LogP contribution in [0.4, 0.5) is 5.69 Å². The van der Waals surface area contributed by atoms with E-state index in [0.717, 1.165) is 5.56 Å². The van der Waals surface area contributed by atoms with E-state index in [1.54, 1.807) is 38.3 Å². The number of aromatic nitrogens is 1. The third kappa shape index (κ3) is 4.52. The summed E-state index contributed by atoms with van der Waals surface area (Å²) in [6.07, 6.45) is 0. The number of aryl methyl sites for hydroxylation is 1. The first-order valence-electron chi connectivity index (χ1n) is 8.20. The Kier molecular flexibility index (Phi) is 5.51. The van der Waals surface area contributed by atoms with E-state index in [1.807, 2.05) is 30.3 Å². The molecule has 1 amide bonds. The molecule has 0 aliphatic heterocycles. The topological polar surface area (TPSA) is 90.7 Å². The average molecular weight is 366 g/mol. The smallest absolute Gasteiger partial charge is 0.361 e. The first kappa shape index (κ1) is 18.2. The molecule has 0 unspecified atom stereocenters. The van der Waals surface area contributed by atoms with Crippen molar-refractivity contribution >= 4 is 17.6 Å². The number of hydrogen-bond acceptors (Lipinski definition) is 6. The second-order valence-electron chi connectivity index (χ2n) is 5.64. The molecule has 0 spiro atoms. The van der Waals surface area contributed by atoms with Crippen molar-refractivity contribution in [2.45, 2.75) is 6.92 Å². The molecule has 2 aromatic carbocycles. The minimum absolute atomic E-state index is 0.0473. The van der Waals surface area contributed by atoms with Crippen molar-refractivity contribution in [3.05, 3.63) is 66.1 Å². The van der Waals surface area contributed by atoms with E-state index in [-0.39, 0.29) is 5.69 Å². The molecule has 0 saturated heterocycles. The van der Waals surface area contributed by atoms with Crippen molar-refractivity contribution in [1.82, 2.24) is 4.98 Å². The summed E-state index contributed by atoms with van der Waals surface area (Å²) in [5.41, 5.74) is 1.36. The van der Waals surface area contributed by atoms with Gasteiger partial charge in [-0.25, -0.2) is 9.78 Å². The number of nitrogens with one attached hydrogen (secondary N) is 1. The van der Waals surface area contributed by atoms with E-state index in [2.05, 4.69) is 10.3 Å². The van der Waals surface area contributed by atoms with Crippen LogP contribution in [0.3, 0.4) is 0 Å². The Morgan fingerprint density at radius 3 is 2.44 bits per heavy atom. The summed E-state index contributed by atoms with van der Waals surface area (Å²) >= 11 is 0. The largest absolute Gasteiger partial charge is 0.497 e. The number of oxazole rings is 1. The summed E-state index contributed by atoms with van der Waals surface area (Å²) in [5.74, 6) is 0.147. The van der Waals surface area contributed by atoms with Crippen molar-refractivity contribution in [2.75, 3.05) is 19.0 Å². The van der Waals surface area contributed by atoms with E-state index < -0.39 is 18.5 Å². The van der Waals surface area contributed by atoms with Crippen LogP contribution in [-0.2, 0) is 9.53 Å². The van der Waals surface area contributed by atoms with Crippen LogP contribution in [-0.4, -0.2) is 30.6 Å². The summed E-state index contributed by atoms with van der Waals surface area (Å²) in [5, 5.41) is 2.63. The van der Waals surface area contributed by atoms with Crippen LogP contribution in [0, 0.1) is 6.92 Å². The van der Waals surface area contributed by atoms with E-state index in [1.165, 1.54) is 0 Å². The molecule has 1 aromatic heterocycles. The van der Waals surface area contributed by atoms with Gasteiger partial charge in [0.05, 0.1) is 7.11 Å². The zero-order valence-corrected chi connectivity index (χ0v) is 14.9. The van der Waals surface area contributed by atoms with Crippen LogP contribution in [0.5, 0.6) is 5.75 Å². The SMILES string of the molecule is COc1ccc(NC(=O)COC(=O)c2nc(-c3ccccc3)oc2C)cc1. The normalized spacial score (nSPS) is 10.3. The van der Waals surface area contributed by atoms with Gasteiger partial charge in [0.1, 0.15) is 11.5 Å². The van der Waals surface area contributed by atoms with Gasteiger partial charge in [-0.15, -0.1) is 0 Å². The molecule has 138 valence electrons. The number of ether oxygens (including phenoxy) is 2. The molecule has 0 atom stereocenters. The quantitative estimate of drug-likeness (QED) is 0.672. The van der Waals surface area contributed by atoms with Gasteiger partial charge in [0.15, 0.2) is 12.3 Å². The fourth-order valence-electron chi connectivity index (χ4n) is 2.36. The number of esters is 1. The van der Waals surface area contributed by atoms with Gasteiger partial charge in [-0.1, -0.05) is 18.2 Å². The fourth-order valence-corrected chi connectivity index (χ4v) is 2.36.